The molecule has 2 aromatic rings. The summed E-state index contributed by atoms with van der Waals surface area (Å²) in [6.07, 6.45) is 0.589. The van der Waals surface area contributed by atoms with E-state index in [2.05, 4.69) is 10.4 Å². The molecule has 0 radical (unpaired) electrons. The Morgan fingerprint density at radius 3 is 2.50 bits per heavy atom. The molecule has 1 amide bonds. The second-order valence-corrected chi connectivity index (χ2v) is 7.02. The summed E-state index contributed by atoms with van der Waals surface area (Å²) in [6, 6.07) is 0. The van der Waals surface area contributed by atoms with Crippen LogP contribution in [0.2, 0.25) is 0 Å². The minimum absolute atomic E-state index is 0.0244. The normalized spacial score (nSPS) is 10.8. The summed E-state index contributed by atoms with van der Waals surface area (Å²) in [4.78, 5) is 35.1. The third-order valence-electron chi connectivity index (χ3n) is 4.11. The number of amides is 1. The average molecular weight is 380 g/mol. The van der Waals surface area contributed by atoms with Crippen LogP contribution in [-0.2, 0) is 17.8 Å². The molecule has 0 aliphatic carbocycles. The first-order valence-electron chi connectivity index (χ1n) is 8.01. The number of hydrogen-bond donors (Lipinski definition) is 2. The van der Waals surface area contributed by atoms with Gasteiger partial charge in [0.05, 0.1) is 17.0 Å². The number of carbonyl (C=O) groups is 2. The van der Waals surface area contributed by atoms with Crippen LogP contribution in [-0.4, -0.2) is 31.7 Å². The smallest absolute Gasteiger partial charge is 0.339 e. The van der Waals surface area contributed by atoms with Gasteiger partial charge in [-0.3, -0.25) is 19.6 Å². The van der Waals surface area contributed by atoms with Crippen LogP contribution in [0.1, 0.15) is 45.5 Å². The summed E-state index contributed by atoms with van der Waals surface area (Å²) in [7, 11) is 0. The number of carbonyl (C=O) groups excluding carboxylic acids is 1. The summed E-state index contributed by atoms with van der Waals surface area (Å²) >= 11 is 1.23. The van der Waals surface area contributed by atoms with Crippen LogP contribution < -0.4 is 5.32 Å². The second kappa shape index (κ2) is 7.65. The molecule has 0 atom stereocenters. The molecule has 2 heterocycles. The molecular formula is C16H20N4O5S. The standard InChI is InChI=1S/C16H20N4O5S/c1-5-11-10(4)26-15(13(11)16(22)23)17-12(21)6-7-19-9(3)14(20(24)25)8(2)18-19/h5-7H2,1-4H3,(H,17,21)(H,22,23). The maximum absolute atomic E-state index is 12.2. The van der Waals surface area contributed by atoms with Crippen molar-refractivity contribution in [2.24, 2.45) is 0 Å². The number of aryl methyl sites for hydroxylation is 3. The van der Waals surface area contributed by atoms with Crippen molar-refractivity contribution in [1.82, 2.24) is 9.78 Å². The highest BCUT2D eigenvalue weighted by molar-refractivity contribution is 7.16. The highest BCUT2D eigenvalue weighted by Crippen LogP contribution is 2.33. The van der Waals surface area contributed by atoms with Gasteiger partial charge in [-0.25, -0.2) is 4.79 Å². The van der Waals surface area contributed by atoms with Crippen LogP contribution in [0.4, 0.5) is 10.7 Å². The van der Waals surface area contributed by atoms with Gasteiger partial charge in [-0.15, -0.1) is 11.3 Å². The molecule has 10 heteroatoms. The maximum atomic E-state index is 12.2. The molecule has 0 aromatic carbocycles. The van der Waals surface area contributed by atoms with Crippen molar-refractivity contribution in [2.45, 2.75) is 47.1 Å². The molecule has 0 aliphatic heterocycles. The second-order valence-electron chi connectivity index (χ2n) is 5.80. The Morgan fingerprint density at radius 2 is 2.00 bits per heavy atom. The van der Waals surface area contributed by atoms with Crippen LogP contribution in [0.3, 0.4) is 0 Å². The number of nitrogens with one attached hydrogen (secondary N) is 1. The van der Waals surface area contributed by atoms with E-state index in [1.807, 2.05) is 13.8 Å². The van der Waals surface area contributed by atoms with E-state index in [4.69, 9.17) is 0 Å². The SMILES string of the molecule is CCc1c(C)sc(NC(=O)CCn2nc(C)c([N+](=O)[O-])c2C)c1C(=O)O. The van der Waals surface area contributed by atoms with Crippen LogP contribution in [0.5, 0.6) is 0 Å². The molecule has 2 N–H and O–H groups in total. The number of carboxylic acid groups (broad SMARTS) is 1. The van der Waals surface area contributed by atoms with Crippen molar-refractivity contribution in [1.29, 1.82) is 0 Å². The van der Waals surface area contributed by atoms with E-state index >= 15 is 0 Å². The fourth-order valence-electron chi connectivity index (χ4n) is 2.88. The third kappa shape index (κ3) is 3.74. The summed E-state index contributed by atoms with van der Waals surface area (Å²) in [5.74, 6) is -1.44. The first-order chi connectivity index (χ1) is 12.2. The van der Waals surface area contributed by atoms with Gasteiger partial charge in [0.1, 0.15) is 16.4 Å². The van der Waals surface area contributed by atoms with E-state index in [0.29, 0.717) is 28.4 Å². The molecule has 0 fully saturated rings. The average Bonchev–Trinajstić information content (AvgIpc) is 3.00. The molecule has 2 rings (SSSR count). The first kappa shape index (κ1) is 19.6. The van der Waals surface area contributed by atoms with Crippen LogP contribution in [0.25, 0.3) is 0 Å². The van der Waals surface area contributed by atoms with Crippen molar-refractivity contribution in [3.63, 3.8) is 0 Å². The minimum atomic E-state index is -1.07. The monoisotopic (exact) mass is 380 g/mol. The Hall–Kier alpha value is -2.75. The van der Waals surface area contributed by atoms with Crippen molar-refractivity contribution in [3.8, 4) is 0 Å². The quantitative estimate of drug-likeness (QED) is 0.561. The van der Waals surface area contributed by atoms with Crippen LogP contribution >= 0.6 is 11.3 Å². The fraction of sp³-hybridized carbons (Fsp3) is 0.438. The van der Waals surface area contributed by atoms with Gasteiger partial charge >= 0.3 is 11.7 Å². The third-order valence-corrected chi connectivity index (χ3v) is 5.17. The number of aromatic nitrogens is 2. The molecule has 0 saturated carbocycles. The number of thiophene rings is 1. The first-order valence-corrected chi connectivity index (χ1v) is 8.82. The fourth-order valence-corrected chi connectivity index (χ4v) is 4.04. The Kier molecular flexibility index (Phi) is 5.76. The van der Waals surface area contributed by atoms with Gasteiger partial charge in [-0.1, -0.05) is 6.92 Å². The highest BCUT2D eigenvalue weighted by atomic mass is 32.1. The van der Waals surface area contributed by atoms with Gasteiger partial charge in [0, 0.05) is 11.3 Å². The molecule has 0 unspecified atom stereocenters. The molecule has 140 valence electrons. The van der Waals surface area contributed by atoms with E-state index in [0.717, 1.165) is 4.88 Å². The van der Waals surface area contributed by atoms with Crippen molar-refractivity contribution < 1.29 is 19.6 Å². The number of nitrogens with zero attached hydrogens (tertiary/aromatic N) is 3. The number of carboxylic acids is 1. The van der Waals surface area contributed by atoms with Crippen molar-refractivity contribution >= 4 is 33.9 Å². The highest BCUT2D eigenvalue weighted by Gasteiger charge is 2.23. The van der Waals surface area contributed by atoms with E-state index in [9.17, 15) is 24.8 Å². The van der Waals surface area contributed by atoms with E-state index < -0.39 is 10.9 Å². The van der Waals surface area contributed by atoms with Gasteiger partial charge < -0.3 is 10.4 Å². The van der Waals surface area contributed by atoms with Gasteiger partial charge in [0.2, 0.25) is 5.91 Å². The predicted octanol–water partition coefficient (Wildman–Crippen LogP) is 3.07. The lowest BCUT2D eigenvalue weighted by atomic mass is 10.1. The molecule has 0 aliphatic rings. The zero-order valence-corrected chi connectivity index (χ0v) is 15.8. The zero-order valence-electron chi connectivity index (χ0n) is 15.0. The van der Waals surface area contributed by atoms with E-state index in [-0.39, 0.29) is 30.1 Å². The molecule has 26 heavy (non-hydrogen) atoms. The Balaban J connectivity index is 2.13. The number of nitro groups is 1. The number of hydrogen-bond acceptors (Lipinski definition) is 6. The topological polar surface area (TPSA) is 127 Å². The summed E-state index contributed by atoms with van der Waals surface area (Å²) in [5.41, 5.74) is 1.46. The number of aromatic carboxylic acids is 1. The summed E-state index contributed by atoms with van der Waals surface area (Å²) in [5, 5.41) is 27.5. The summed E-state index contributed by atoms with van der Waals surface area (Å²) in [6.45, 7) is 6.97. The van der Waals surface area contributed by atoms with Gasteiger partial charge in [-0.05, 0) is 32.8 Å². The Bertz CT molecular complexity index is 884. The molecule has 0 bridgehead atoms. The molecular weight excluding hydrogens is 360 g/mol. The largest absolute Gasteiger partial charge is 0.478 e. The predicted molar refractivity (Wildman–Crippen MR) is 97.0 cm³/mol. The summed E-state index contributed by atoms with van der Waals surface area (Å²) < 4.78 is 1.42. The van der Waals surface area contributed by atoms with Crippen LogP contribution in [0.15, 0.2) is 0 Å². The molecule has 2 aromatic heterocycles. The zero-order chi connectivity index (χ0) is 19.6. The van der Waals surface area contributed by atoms with Gasteiger partial charge in [-0.2, -0.15) is 5.10 Å². The van der Waals surface area contributed by atoms with Crippen molar-refractivity contribution in [2.75, 3.05) is 5.32 Å². The number of anilines is 1. The Morgan fingerprint density at radius 1 is 1.35 bits per heavy atom. The lowest BCUT2D eigenvalue weighted by Crippen LogP contribution is -2.16. The van der Waals surface area contributed by atoms with E-state index in [1.165, 1.54) is 16.0 Å². The molecule has 9 nitrogen and oxygen atoms in total. The van der Waals surface area contributed by atoms with Crippen molar-refractivity contribution in [3.05, 3.63) is 37.5 Å². The number of rotatable bonds is 7. The Labute approximate surface area is 153 Å². The van der Waals surface area contributed by atoms with Gasteiger partial charge in [0.25, 0.3) is 0 Å². The maximum Gasteiger partial charge on any atom is 0.339 e. The van der Waals surface area contributed by atoms with Crippen LogP contribution in [0, 0.1) is 30.9 Å². The molecule has 0 spiro atoms. The lowest BCUT2D eigenvalue weighted by Gasteiger charge is -2.06. The minimum Gasteiger partial charge on any atom is -0.478 e. The molecule has 0 saturated heterocycles. The van der Waals surface area contributed by atoms with E-state index in [1.54, 1.807) is 13.8 Å². The lowest BCUT2D eigenvalue weighted by molar-refractivity contribution is -0.386. The van der Waals surface area contributed by atoms with Gasteiger partial charge in [0.15, 0.2) is 0 Å².